The van der Waals surface area contributed by atoms with E-state index in [1.54, 1.807) is 4.90 Å². The molecule has 0 aromatic heterocycles. The maximum atomic E-state index is 13.5. The summed E-state index contributed by atoms with van der Waals surface area (Å²) in [5.74, 6) is 0.219. The van der Waals surface area contributed by atoms with Crippen LogP contribution in [0.4, 0.5) is 5.69 Å². The Balaban J connectivity index is 0.00000196. The molecule has 0 saturated carbocycles. The average molecular weight is 371 g/mol. The van der Waals surface area contributed by atoms with Crippen LogP contribution in [0.25, 0.3) is 0 Å². The summed E-state index contributed by atoms with van der Waals surface area (Å²) >= 11 is 0. The fourth-order valence-corrected chi connectivity index (χ4v) is 4.47. The third-order valence-corrected chi connectivity index (χ3v) is 6.01. The summed E-state index contributed by atoms with van der Waals surface area (Å²) in [4.78, 5) is 17.1. The summed E-state index contributed by atoms with van der Waals surface area (Å²) < 4.78 is 0. The number of nitrogens with one attached hydrogen (secondary N) is 1. The van der Waals surface area contributed by atoms with Gasteiger partial charge in [-0.3, -0.25) is 4.79 Å². The van der Waals surface area contributed by atoms with E-state index in [1.165, 1.54) is 32.4 Å². The third kappa shape index (κ3) is 3.15. The molecule has 3 nitrogen and oxygen atoms in total. The highest BCUT2D eigenvalue weighted by atomic mass is 35.5. The molecule has 2 aliphatic heterocycles. The van der Waals surface area contributed by atoms with Crippen molar-refractivity contribution >= 4 is 11.6 Å². The molecule has 1 N–H and O–H groups in total. The number of nitrogens with zero attached hydrogens (tertiary/aromatic N) is 1. The molecule has 1 saturated heterocycles. The summed E-state index contributed by atoms with van der Waals surface area (Å²) in [5, 5.41) is 0. The molecule has 2 aromatic rings. The van der Waals surface area contributed by atoms with E-state index in [-0.39, 0.29) is 18.3 Å². The van der Waals surface area contributed by atoms with Crippen LogP contribution in [0, 0.1) is 0 Å². The van der Waals surface area contributed by atoms with Gasteiger partial charge in [-0.05, 0) is 43.4 Å². The van der Waals surface area contributed by atoms with Crippen molar-refractivity contribution in [2.45, 2.75) is 31.6 Å². The van der Waals surface area contributed by atoms with E-state index in [9.17, 15) is 4.79 Å². The Kier molecular flexibility index (Phi) is 5.69. The molecular formula is C22H27ClN2O. The van der Waals surface area contributed by atoms with E-state index >= 15 is 0 Å². The van der Waals surface area contributed by atoms with Crippen LogP contribution in [0.15, 0.2) is 54.6 Å². The van der Waals surface area contributed by atoms with Crippen LogP contribution in [0.1, 0.15) is 37.3 Å². The van der Waals surface area contributed by atoms with Gasteiger partial charge in [0.1, 0.15) is 0 Å². The molecule has 0 aliphatic carbocycles. The van der Waals surface area contributed by atoms with Gasteiger partial charge in [0.05, 0.1) is 31.6 Å². The number of carbonyl (C=O) groups excluding carboxylic acids is 1. The van der Waals surface area contributed by atoms with E-state index in [4.69, 9.17) is 0 Å². The maximum absolute atomic E-state index is 13.5. The largest absolute Gasteiger partial charge is 1.00 e. The molecule has 0 radical (unpaired) electrons. The molecule has 2 aliphatic rings. The number of rotatable bonds is 4. The van der Waals surface area contributed by atoms with Gasteiger partial charge in [0.15, 0.2) is 0 Å². The fraction of sp³-hybridized carbons (Fsp3) is 0.409. The number of quaternary nitrogens is 1. The topological polar surface area (TPSA) is 24.8 Å². The minimum absolute atomic E-state index is 0. The highest BCUT2D eigenvalue weighted by Crippen LogP contribution is 2.45. The maximum Gasteiger partial charge on any atom is 0.242 e. The van der Waals surface area contributed by atoms with Crippen molar-refractivity contribution in [3.63, 3.8) is 0 Å². The van der Waals surface area contributed by atoms with Gasteiger partial charge < -0.3 is 22.2 Å². The Labute approximate surface area is 162 Å². The number of fused-ring (bicyclic) bond motifs is 1. The second-order valence-corrected chi connectivity index (χ2v) is 7.53. The molecule has 0 bridgehead atoms. The van der Waals surface area contributed by atoms with Gasteiger partial charge in [-0.25, -0.2) is 0 Å². The lowest BCUT2D eigenvalue weighted by atomic mass is 9.77. The first-order chi connectivity index (χ1) is 12.2. The number of piperidine rings is 1. The Bertz CT molecular complexity index is 758. The van der Waals surface area contributed by atoms with Crippen molar-refractivity contribution in [2.75, 3.05) is 31.1 Å². The SMILES string of the molecule is CC1(c2ccccc2)C(=O)N(CC[NH+]2CCCCC2)c2ccccc21.[Cl-]. The smallest absolute Gasteiger partial charge is 0.242 e. The minimum Gasteiger partial charge on any atom is -1.00 e. The lowest BCUT2D eigenvalue weighted by Crippen LogP contribution is -3.13. The monoisotopic (exact) mass is 370 g/mol. The van der Waals surface area contributed by atoms with Crippen LogP contribution in [-0.4, -0.2) is 32.1 Å². The number of halogens is 1. The van der Waals surface area contributed by atoms with Gasteiger partial charge in [-0.1, -0.05) is 48.5 Å². The summed E-state index contributed by atoms with van der Waals surface area (Å²) in [6.45, 7) is 6.44. The van der Waals surface area contributed by atoms with E-state index in [2.05, 4.69) is 31.2 Å². The summed E-state index contributed by atoms with van der Waals surface area (Å²) in [5.41, 5.74) is 2.74. The van der Waals surface area contributed by atoms with Crippen LogP contribution in [-0.2, 0) is 10.2 Å². The van der Waals surface area contributed by atoms with Crippen molar-refractivity contribution in [2.24, 2.45) is 0 Å². The van der Waals surface area contributed by atoms with Gasteiger partial charge in [0.25, 0.3) is 0 Å². The number of hydrogen-bond acceptors (Lipinski definition) is 1. The second kappa shape index (κ2) is 7.81. The normalized spacial score (nSPS) is 22.8. The molecule has 1 atom stereocenters. The number of carbonyl (C=O) groups is 1. The van der Waals surface area contributed by atoms with Gasteiger partial charge in [0.2, 0.25) is 5.91 Å². The number of anilines is 1. The Hall–Kier alpha value is -1.84. The Morgan fingerprint density at radius 1 is 0.962 bits per heavy atom. The molecule has 2 heterocycles. The first-order valence-corrected chi connectivity index (χ1v) is 9.52. The van der Waals surface area contributed by atoms with Crippen LogP contribution in [0.3, 0.4) is 0 Å². The van der Waals surface area contributed by atoms with Crippen LogP contribution in [0.2, 0.25) is 0 Å². The Morgan fingerprint density at radius 2 is 1.62 bits per heavy atom. The summed E-state index contributed by atoms with van der Waals surface area (Å²) in [6, 6.07) is 18.5. The molecule has 0 spiro atoms. The highest BCUT2D eigenvalue weighted by molar-refractivity contribution is 6.10. The zero-order chi connectivity index (χ0) is 17.3. The lowest BCUT2D eigenvalue weighted by Gasteiger charge is -2.28. The number of likely N-dealkylation sites (tertiary alicyclic amines) is 1. The fourth-order valence-electron chi connectivity index (χ4n) is 4.47. The van der Waals surface area contributed by atoms with Gasteiger partial charge >= 0.3 is 0 Å². The molecular weight excluding hydrogens is 344 g/mol. The van der Waals surface area contributed by atoms with Crippen LogP contribution in [0.5, 0.6) is 0 Å². The predicted molar refractivity (Wildman–Crippen MR) is 101 cm³/mol. The molecule has 4 rings (SSSR count). The molecule has 2 aromatic carbocycles. The van der Waals surface area contributed by atoms with E-state index in [0.717, 1.165) is 29.9 Å². The van der Waals surface area contributed by atoms with Gasteiger partial charge in [0, 0.05) is 5.69 Å². The van der Waals surface area contributed by atoms with E-state index in [0.29, 0.717) is 0 Å². The molecule has 1 amide bonds. The van der Waals surface area contributed by atoms with Crippen molar-refractivity contribution in [3.05, 3.63) is 65.7 Å². The number of amides is 1. The minimum atomic E-state index is -0.574. The number of para-hydroxylation sites is 1. The van der Waals surface area contributed by atoms with Crippen molar-refractivity contribution in [3.8, 4) is 0 Å². The summed E-state index contributed by atoms with van der Waals surface area (Å²) in [6.07, 6.45) is 4.00. The highest BCUT2D eigenvalue weighted by Gasteiger charge is 2.48. The van der Waals surface area contributed by atoms with E-state index in [1.807, 2.05) is 35.2 Å². The van der Waals surface area contributed by atoms with E-state index < -0.39 is 5.41 Å². The Morgan fingerprint density at radius 3 is 2.35 bits per heavy atom. The molecule has 1 fully saturated rings. The second-order valence-electron chi connectivity index (χ2n) is 7.53. The zero-order valence-electron chi connectivity index (χ0n) is 15.4. The van der Waals surface area contributed by atoms with Crippen LogP contribution < -0.4 is 22.2 Å². The molecule has 138 valence electrons. The molecule has 4 heteroatoms. The molecule has 1 unspecified atom stereocenters. The lowest BCUT2D eigenvalue weighted by molar-refractivity contribution is -0.903. The predicted octanol–water partition coefficient (Wildman–Crippen LogP) is -0.588. The van der Waals surface area contributed by atoms with Crippen molar-refractivity contribution in [1.82, 2.24) is 0 Å². The number of benzene rings is 2. The summed E-state index contributed by atoms with van der Waals surface area (Å²) in [7, 11) is 0. The molecule has 26 heavy (non-hydrogen) atoms. The quantitative estimate of drug-likeness (QED) is 0.764. The van der Waals surface area contributed by atoms with Gasteiger partial charge in [-0.2, -0.15) is 0 Å². The zero-order valence-corrected chi connectivity index (χ0v) is 16.1. The average Bonchev–Trinajstić information content (AvgIpc) is 2.90. The van der Waals surface area contributed by atoms with Gasteiger partial charge in [-0.15, -0.1) is 0 Å². The van der Waals surface area contributed by atoms with Crippen molar-refractivity contribution in [1.29, 1.82) is 0 Å². The number of hydrogen-bond donors (Lipinski definition) is 1. The first-order valence-electron chi connectivity index (χ1n) is 9.52. The third-order valence-electron chi connectivity index (χ3n) is 6.01. The van der Waals surface area contributed by atoms with Crippen LogP contribution >= 0.6 is 0 Å². The first kappa shape index (κ1) is 18.9. The standard InChI is InChI=1S/C22H26N2O.ClH/c1-22(18-10-4-2-5-11-18)19-12-6-7-13-20(19)24(21(22)25)17-16-23-14-8-3-9-15-23;/h2,4-7,10-13H,3,8-9,14-17H2,1H3;1H. The van der Waals surface area contributed by atoms with Crippen molar-refractivity contribution < 1.29 is 22.1 Å².